The molecule has 4 heteroatoms. The van der Waals surface area contributed by atoms with Gasteiger partial charge in [-0.15, -0.1) is 0 Å². The summed E-state index contributed by atoms with van der Waals surface area (Å²) in [5, 5.41) is 3.59. The first kappa shape index (κ1) is 15.2. The molecule has 2 heterocycles. The predicted octanol–water partition coefficient (Wildman–Crippen LogP) is 1.50. The van der Waals surface area contributed by atoms with Crippen LogP contribution >= 0.6 is 0 Å². The highest BCUT2D eigenvalue weighted by atomic mass is 16.5. The molecule has 2 saturated heterocycles. The van der Waals surface area contributed by atoms with Crippen LogP contribution in [0.25, 0.3) is 0 Å². The molecule has 0 bridgehead atoms. The Labute approximate surface area is 117 Å². The SMILES string of the molecule is CCCNCC1(CN(C)C2CCOC2C)CCOC1. The molecule has 2 aliphatic heterocycles. The number of nitrogens with zero attached hydrogens (tertiary/aromatic N) is 1. The minimum absolute atomic E-state index is 0.298. The van der Waals surface area contributed by atoms with Crippen molar-refractivity contribution in [1.29, 1.82) is 0 Å². The predicted molar refractivity (Wildman–Crippen MR) is 77.5 cm³/mol. The molecular formula is C15H30N2O2. The zero-order valence-electron chi connectivity index (χ0n) is 12.8. The van der Waals surface area contributed by atoms with Crippen LogP contribution in [0.1, 0.15) is 33.1 Å². The van der Waals surface area contributed by atoms with E-state index >= 15 is 0 Å². The molecule has 0 aromatic rings. The molecule has 0 aromatic carbocycles. The maximum absolute atomic E-state index is 5.69. The van der Waals surface area contributed by atoms with E-state index in [2.05, 4.69) is 31.1 Å². The second-order valence-electron chi connectivity index (χ2n) is 6.33. The number of rotatable bonds is 7. The Kier molecular flexibility index (Phi) is 5.63. The van der Waals surface area contributed by atoms with Crippen molar-refractivity contribution in [1.82, 2.24) is 10.2 Å². The van der Waals surface area contributed by atoms with Crippen LogP contribution in [0, 0.1) is 5.41 Å². The number of likely N-dealkylation sites (N-methyl/N-ethyl adjacent to an activating group) is 1. The van der Waals surface area contributed by atoms with Gasteiger partial charge in [-0.3, -0.25) is 0 Å². The highest BCUT2D eigenvalue weighted by Crippen LogP contribution is 2.31. The fraction of sp³-hybridized carbons (Fsp3) is 1.00. The van der Waals surface area contributed by atoms with Crippen LogP contribution in [0.3, 0.4) is 0 Å². The third kappa shape index (κ3) is 3.91. The summed E-state index contributed by atoms with van der Waals surface area (Å²) in [6, 6.07) is 0.573. The van der Waals surface area contributed by atoms with E-state index in [1.54, 1.807) is 0 Å². The first-order valence-electron chi connectivity index (χ1n) is 7.77. The normalized spacial score (nSPS) is 35.4. The lowest BCUT2D eigenvalue weighted by molar-refractivity contribution is 0.0569. The van der Waals surface area contributed by atoms with Gasteiger partial charge in [0.05, 0.1) is 12.7 Å². The molecule has 0 radical (unpaired) electrons. The van der Waals surface area contributed by atoms with E-state index in [0.29, 0.717) is 17.6 Å². The van der Waals surface area contributed by atoms with Gasteiger partial charge in [-0.1, -0.05) is 6.92 Å². The molecule has 0 spiro atoms. The zero-order chi connectivity index (χ0) is 13.7. The highest BCUT2D eigenvalue weighted by molar-refractivity contribution is 4.91. The maximum Gasteiger partial charge on any atom is 0.0702 e. The van der Waals surface area contributed by atoms with E-state index in [4.69, 9.17) is 9.47 Å². The molecule has 0 aromatic heterocycles. The van der Waals surface area contributed by atoms with Gasteiger partial charge in [0, 0.05) is 37.8 Å². The first-order valence-corrected chi connectivity index (χ1v) is 7.77. The quantitative estimate of drug-likeness (QED) is 0.711. The van der Waals surface area contributed by atoms with Crippen molar-refractivity contribution in [2.45, 2.75) is 45.3 Å². The van der Waals surface area contributed by atoms with E-state index in [0.717, 1.165) is 45.9 Å². The molecule has 2 aliphatic rings. The van der Waals surface area contributed by atoms with Crippen molar-refractivity contribution >= 4 is 0 Å². The summed E-state index contributed by atoms with van der Waals surface area (Å²) in [7, 11) is 2.25. The van der Waals surface area contributed by atoms with E-state index in [1.807, 2.05) is 0 Å². The summed E-state index contributed by atoms with van der Waals surface area (Å²) in [4.78, 5) is 2.50. The summed E-state index contributed by atoms with van der Waals surface area (Å²) in [5.41, 5.74) is 0.298. The van der Waals surface area contributed by atoms with E-state index in [9.17, 15) is 0 Å². The Balaban J connectivity index is 1.88. The number of hydrogen-bond donors (Lipinski definition) is 1. The average molecular weight is 270 g/mol. The largest absolute Gasteiger partial charge is 0.381 e. The number of ether oxygens (including phenoxy) is 2. The summed E-state index contributed by atoms with van der Waals surface area (Å²) in [6.07, 6.45) is 3.90. The topological polar surface area (TPSA) is 33.7 Å². The van der Waals surface area contributed by atoms with Crippen LogP contribution in [-0.4, -0.2) is 63.5 Å². The Morgan fingerprint density at radius 2 is 2.21 bits per heavy atom. The summed E-state index contributed by atoms with van der Waals surface area (Å²) < 4.78 is 11.4. The molecule has 2 rings (SSSR count). The van der Waals surface area contributed by atoms with E-state index in [1.165, 1.54) is 12.8 Å². The molecule has 0 saturated carbocycles. The summed E-state index contributed by atoms with van der Waals surface area (Å²) in [5.74, 6) is 0. The Morgan fingerprint density at radius 3 is 2.79 bits per heavy atom. The van der Waals surface area contributed by atoms with Crippen LogP contribution in [0.2, 0.25) is 0 Å². The van der Waals surface area contributed by atoms with Gasteiger partial charge >= 0.3 is 0 Å². The van der Waals surface area contributed by atoms with Gasteiger partial charge in [0.1, 0.15) is 0 Å². The van der Waals surface area contributed by atoms with Gasteiger partial charge in [-0.2, -0.15) is 0 Å². The van der Waals surface area contributed by atoms with Crippen LogP contribution in [0.15, 0.2) is 0 Å². The van der Waals surface area contributed by atoms with Crippen molar-refractivity contribution < 1.29 is 9.47 Å². The highest BCUT2D eigenvalue weighted by Gasteiger charge is 2.38. The van der Waals surface area contributed by atoms with Crippen LogP contribution < -0.4 is 5.32 Å². The minimum atomic E-state index is 0.298. The van der Waals surface area contributed by atoms with Gasteiger partial charge < -0.3 is 19.7 Å². The number of hydrogen-bond acceptors (Lipinski definition) is 4. The fourth-order valence-corrected chi connectivity index (χ4v) is 3.45. The lowest BCUT2D eigenvalue weighted by atomic mass is 9.86. The van der Waals surface area contributed by atoms with Gasteiger partial charge in [0.15, 0.2) is 0 Å². The third-order valence-corrected chi connectivity index (χ3v) is 4.60. The van der Waals surface area contributed by atoms with Gasteiger partial charge in [-0.05, 0) is 39.8 Å². The van der Waals surface area contributed by atoms with Crippen molar-refractivity contribution in [3.8, 4) is 0 Å². The molecular weight excluding hydrogens is 240 g/mol. The molecule has 19 heavy (non-hydrogen) atoms. The smallest absolute Gasteiger partial charge is 0.0702 e. The Morgan fingerprint density at radius 1 is 1.37 bits per heavy atom. The molecule has 0 aliphatic carbocycles. The van der Waals surface area contributed by atoms with E-state index < -0.39 is 0 Å². The maximum atomic E-state index is 5.69. The van der Waals surface area contributed by atoms with Crippen molar-refractivity contribution in [3.63, 3.8) is 0 Å². The zero-order valence-corrected chi connectivity index (χ0v) is 12.8. The van der Waals surface area contributed by atoms with Crippen LogP contribution in [-0.2, 0) is 9.47 Å². The third-order valence-electron chi connectivity index (χ3n) is 4.60. The monoisotopic (exact) mass is 270 g/mol. The molecule has 112 valence electrons. The molecule has 0 amide bonds. The standard InChI is InChI=1S/C15H30N2O2/c1-4-7-16-10-15(6-9-18-12-15)11-17(3)14-5-8-19-13(14)2/h13-14,16H,4-12H2,1-3H3. The van der Waals surface area contributed by atoms with Crippen molar-refractivity contribution in [2.24, 2.45) is 5.41 Å². The summed E-state index contributed by atoms with van der Waals surface area (Å²) >= 11 is 0. The second kappa shape index (κ2) is 7.02. The van der Waals surface area contributed by atoms with Crippen LogP contribution in [0.4, 0.5) is 0 Å². The molecule has 4 nitrogen and oxygen atoms in total. The lowest BCUT2D eigenvalue weighted by Crippen LogP contribution is -2.48. The Bertz CT molecular complexity index is 267. The second-order valence-corrected chi connectivity index (χ2v) is 6.33. The molecule has 3 atom stereocenters. The van der Waals surface area contributed by atoms with Gasteiger partial charge in [-0.25, -0.2) is 0 Å². The van der Waals surface area contributed by atoms with Gasteiger partial charge in [0.2, 0.25) is 0 Å². The van der Waals surface area contributed by atoms with Gasteiger partial charge in [0.25, 0.3) is 0 Å². The average Bonchev–Trinajstić information content (AvgIpc) is 2.99. The minimum Gasteiger partial charge on any atom is -0.381 e. The van der Waals surface area contributed by atoms with Crippen LogP contribution in [0.5, 0.6) is 0 Å². The van der Waals surface area contributed by atoms with Crippen molar-refractivity contribution in [2.75, 3.05) is 46.5 Å². The molecule has 3 unspecified atom stereocenters. The first-order chi connectivity index (χ1) is 9.17. The fourth-order valence-electron chi connectivity index (χ4n) is 3.45. The van der Waals surface area contributed by atoms with Crippen molar-refractivity contribution in [3.05, 3.63) is 0 Å². The lowest BCUT2D eigenvalue weighted by Gasteiger charge is -2.36. The number of nitrogens with one attached hydrogen (secondary N) is 1. The Hall–Kier alpha value is -0.160. The molecule has 1 N–H and O–H groups in total. The molecule has 2 fully saturated rings. The van der Waals surface area contributed by atoms with E-state index in [-0.39, 0.29) is 0 Å². The summed E-state index contributed by atoms with van der Waals surface area (Å²) in [6.45, 7) is 10.4.